The van der Waals surface area contributed by atoms with Crippen molar-refractivity contribution in [2.45, 2.75) is 4.90 Å². The summed E-state index contributed by atoms with van der Waals surface area (Å²) in [6.45, 7) is 0. The molecular weight excluding hydrogens is 314 g/mol. The zero-order valence-corrected chi connectivity index (χ0v) is 12.2. The van der Waals surface area contributed by atoms with Crippen LogP contribution < -0.4 is 0 Å². The maximum absolute atomic E-state index is 12.2. The molecule has 7 heteroatoms. The minimum atomic E-state index is -3.77. The van der Waals surface area contributed by atoms with E-state index in [1.54, 1.807) is 18.2 Å². The molecule has 0 bridgehead atoms. The Hall–Kier alpha value is -2.18. The molecule has 0 unspecified atom stereocenters. The average molecular weight is 324 g/mol. The van der Waals surface area contributed by atoms with Crippen molar-refractivity contribution in [3.63, 3.8) is 0 Å². The summed E-state index contributed by atoms with van der Waals surface area (Å²) in [4.78, 5) is 10.1. The third kappa shape index (κ3) is 3.48. The summed E-state index contributed by atoms with van der Waals surface area (Å²) in [6.07, 6.45) is 1.26. The quantitative estimate of drug-likeness (QED) is 0.636. The molecule has 0 saturated carbocycles. The van der Waals surface area contributed by atoms with Crippen LogP contribution in [-0.2, 0) is 9.84 Å². The van der Waals surface area contributed by atoms with Gasteiger partial charge in [0.15, 0.2) is 0 Å². The van der Waals surface area contributed by atoms with Crippen molar-refractivity contribution < 1.29 is 13.3 Å². The third-order valence-electron chi connectivity index (χ3n) is 2.69. The Labute approximate surface area is 126 Å². The van der Waals surface area contributed by atoms with Gasteiger partial charge in [0.2, 0.25) is 9.84 Å². The summed E-state index contributed by atoms with van der Waals surface area (Å²) >= 11 is 5.88. The number of rotatable bonds is 4. The molecule has 2 aromatic carbocycles. The molecular formula is C14H10ClNO4S. The second kappa shape index (κ2) is 6.07. The Kier molecular flexibility index (Phi) is 4.40. The highest BCUT2D eigenvalue weighted by Gasteiger charge is 2.18. The van der Waals surface area contributed by atoms with E-state index in [4.69, 9.17) is 11.6 Å². The van der Waals surface area contributed by atoms with E-state index in [1.807, 2.05) is 0 Å². The van der Waals surface area contributed by atoms with Gasteiger partial charge in [-0.2, -0.15) is 0 Å². The van der Waals surface area contributed by atoms with Gasteiger partial charge in [-0.15, -0.1) is 0 Å². The van der Waals surface area contributed by atoms with Gasteiger partial charge in [0, 0.05) is 12.1 Å². The predicted molar refractivity (Wildman–Crippen MR) is 80.6 cm³/mol. The van der Waals surface area contributed by atoms with Crippen molar-refractivity contribution in [2.24, 2.45) is 0 Å². The van der Waals surface area contributed by atoms with Gasteiger partial charge in [0.1, 0.15) is 4.36 Å². The molecule has 0 fully saturated rings. The zero-order chi connectivity index (χ0) is 15.5. The molecule has 0 aliphatic carbocycles. The number of nitro groups is 1. The number of nitrogens with zero attached hydrogens (tertiary/aromatic N) is 1. The number of hydrogen-bond donors (Lipinski definition) is 0. The SMILES string of the molecule is O=[N+]([O-])c1ccc(/C=C(\Cl)S(=O)(=O)c2ccccc2)cc1. The minimum absolute atomic E-state index is 0.0748. The van der Waals surface area contributed by atoms with E-state index < -0.39 is 14.8 Å². The van der Waals surface area contributed by atoms with E-state index >= 15 is 0 Å². The number of hydrogen-bond acceptors (Lipinski definition) is 4. The van der Waals surface area contributed by atoms with E-state index in [1.165, 1.54) is 42.5 Å². The lowest BCUT2D eigenvalue weighted by molar-refractivity contribution is -0.384. The monoisotopic (exact) mass is 323 g/mol. The summed E-state index contributed by atoms with van der Waals surface area (Å²) in [6, 6.07) is 13.2. The summed E-state index contributed by atoms with van der Waals surface area (Å²) in [5.41, 5.74) is 0.388. The second-order valence-corrected chi connectivity index (χ2v) is 6.66. The number of nitro benzene ring substituents is 1. The fourth-order valence-electron chi connectivity index (χ4n) is 1.61. The molecule has 2 rings (SSSR count). The summed E-state index contributed by atoms with van der Waals surface area (Å²) in [5, 5.41) is 10.5. The first kappa shape index (κ1) is 15.2. The van der Waals surface area contributed by atoms with E-state index in [0.29, 0.717) is 5.56 Å². The molecule has 0 N–H and O–H groups in total. The molecule has 5 nitrogen and oxygen atoms in total. The minimum Gasteiger partial charge on any atom is -0.258 e. The van der Waals surface area contributed by atoms with E-state index in [2.05, 4.69) is 0 Å². The molecule has 108 valence electrons. The number of non-ortho nitro benzene ring substituents is 1. The maximum atomic E-state index is 12.2. The van der Waals surface area contributed by atoms with E-state index in [9.17, 15) is 18.5 Å². The van der Waals surface area contributed by atoms with Crippen molar-refractivity contribution >= 4 is 33.2 Å². The van der Waals surface area contributed by atoms with Gasteiger partial charge in [-0.05, 0) is 35.9 Å². The van der Waals surface area contributed by atoms with Crippen molar-refractivity contribution in [2.75, 3.05) is 0 Å². The molecule has 21 heavy (non-hydrogen) atoms. The highest BCUT2D eigenvalue weighted by atomic mass is 35.5. The van der Waals surface area contributed by atoms with Gasteiger partial charge in [0.25, 0.3) is 5.69 Å². The lowest BCUT2D eigenvalue weighted by atomic mass is 10.2. The Balaban J connectivity index is 2.35. The van der Waals surface area contributed by atoms with Gasteiger partial charge < -0.3 is 0 Å². The van der Waals surface area contributed by atoms with Crippen LogP contribution in [0.1, 0.15) is 5.56 Å². The van der Waals surface area contributed by atoms with E-state index in [0.717, 1.165) is 0 Å². The van der Waals surface area contributed by atoms with Crippen LogP contribution in [0.5, 0.6) is 0 Å². The first-order chi connectivity index (χ1) is 9.91. The second-order valence-electron chi connectivity index (χ2n) is 4.11. The molecule has 0 radical (unpaired) electrons. The third-order valence-corrected chi connectivity index (χ3v) is 4.94. The molecule has 0 aliphatic heterocycles. The van der Waals surface area contributed by atoms with Gasteiger partial charge in [0.05, 0.1) is 9.82 Å². The van der Waals surface area contributed by atoms with Crippen molar-refractivity contribution in [3.05, 3.63) is 74.6 Å². The van der Waals surface area contributed by atoms with Crippen LogP contribution in [0.4, 0.5) is 5.69 Å². The van der Waals surface area contributed by atoms with Crippen LogP contribution in [0.15, 0.2) is 63.9 Å². The first-order valence-electron chi connectivity index (χ1n) is 5.83. The predicted octanol–water partition coefficient (Wildman–Crippen LogP) is 3.61. The Morgan fingerprint density at radius 2 is 1.62 bits per heavy atom. The molecule has 2 aromatic rings. The van der Waals surface area contributed by atoms with Crippen LogP contribution in [0, 0.1) is 10.1 Å². The first-order valence-corrected chi connectivity index (χ1v) is 7.69. The maximum Gasteiger partial charge on any atom is 0.269 e. The van der Waals surface area contributed by atoms with Crippen LogP contribution >= 0.6 is 11.6 Å². The molecule has 0 spiro atoms. The molecule has 0 amide bonds. The van der Waals surface area contributed by atoms with Crippen LogP contribution in [-0.4, -0.2) is 13.3 Å². The summed E-state index contributed by atoms with van der Waals surface area (Å²) in [7, 11) is -3.77. The van der Waals surface area contributed by atoms with E-state index in [-0.39, 0.29) is 14.9 Å². The van der Waals surface area contributed by atoms with Crippen LogP contribution in [0.2, 0.25) is 0 Å². The van der Waals surface area contributed by atoms with Gasteiger partial charge in [-0.1, -0.05) is 29.8 Å². The van der Waals surface area contributed by atoms with Gasteiger partial charge in [-0.25, -0.2) is 8.42 Å². The van der Waals surface area contributed by atoms with Crippen LogP contribution in [0.3, 0.4) is 0 Å². The Morgan fingerprint density at radius 3 is 2.14 bits per heavy atom. The van der Waals surface area contributed by atoms with Crippen molar-refractivity contribution in [1.29, 1.82) is 0 Å². The summed E-state index contributed by atoms with van der Waals surface area (Å²) < 4.78 is 24.1. The highest BCUT2D eigenvalue weighted by Crippen LogP contribution is 2.25. The van der Waals surface area contributed by atoms with Crippen LogP contribution in [0.25, 0.3) is 6.08 Å². The fourth-order valence-corrected chi connectivity index (χ4v) is 3.04. The molecule has 0 atom stereocenters. The van der Waals surface area contributed by atoms with Crippen molar-refractivity contribution in [3.8, 4) is 0 Å². The lowest BCUT2D eigenvalue weighted by Gasteiger charge is -2.03. The van der Waals surface area contributed by atoms with Gasteiger partial charge in [-0.3, -0.25) is 10.1 Å². The Bertz CT molecular complexity index is 783. The summed E-state index contributed by atoms with van der Waals surface area (Å²) in [5.74, 6) is 0. The number of sulfone groups is 1. The van der Waals surface area contributed by atoms with Gasteiger partial charge >= 0.3 is 0 Å². The highest BCUT2D eigenvalue weighted by molar-refractivity contribution is 7.97. The van der Waals surface area contributed by atoms with Crippen molar-refractivity contribution in [1.82, 2.24) is 0 Å². The molecule has 0 aromatic heterocycles. The number of halogens is 1. The fraction of sp³-hybridized carbons (Fsp3) is 0. The molecule has 0 heterocycles. The Morgan fingerprint density at radius 1 is 1.05 bits per heavy atom. The topological polar surface area (TPSA) is 77.3 Å². The lowest BCUT2D eigenvalue weighted by Crippen LogP contribution is -2.00. The standard InChI is InChI=1S/C14H10ClNO4S/c15-14(21(19,20)13-4-2-1-3-5-13)10-11-6-8-12(9-7-11)16(17)18/h1-10H/b14-10+. The largest absolute Gasteiger partial charge is 0.269 e. The molecule has 0 saturated heterocycles. The normalized spacial score (nSPS) is 12.1. The zero-order valence-electron chi connectivity index (χ0n) is 10.6. The molecule has 0 aliphatic rings. The average Bonchev–Trinajstić information content (AvgIpc) is 2.48. The smallest absolute Gasteiger partial charge is 0.258 e. The number of benzene rings is 2.